The van der Waals surface area contributed by atoms with E-state index in [2.05, 4.69) is 10.7 Å². The molecule has 1 unspecified atom stereocenters. The van der Waals surface area contributed by atoms with E-state index in [-0.39, 0.29) is 6.61 Å². The van der Waals surface area contributed by atoms with E-state index in [0.29, 0.717) is 19.4 Å². The smallest absolute Gasteiger partial charge is 0.323 e. The number of nitrogens with two attached hydrogens (primary N) is 2. The first-order valence-electron chi connectivity index (χ1n) is 3.78. The van der Waals surface area contributed by atoms with Gasteiger partial charge in [-0.2, -0.15) is 0 Å². The topological polar surface area (TPSA) is 78.3 Å². The summed E-state index contributed by atoms with van der Waals surface area (Å²) < 4.78 is 4.61. The van der Waals surface area contributed by atoms with Crippen molar-refractivity contribution in [2.75, 3.05) is 13.2 Å². The maximum Gasteiger partial charge on any atom is 0.323 e. The predicted octanol–water partition coefficient (Wildman–Crippen LogP) is -0.771. The number of rotatable bonds is 5. The molecule has 0 saturated heterocycles. The fourth-order valence-corrected chi connectivity index (χ4v) is 0.675. The summed E-state index contributed by atoms with van der Waals surface area (Å²) in [6.07, 6.45) is 6.15. The molecule has 0 aliphatic carbocycles. The van der Waals surface area contributed by atoms with E-state index in [1.165, 1.54) is 0 Å². The van der Waals surface area contributed by atoms with Crippen molar-refractivity contribution in [3.8, 4) is 12.3 Å². The second-order valence-corrected chi connectivity index (χ2v) is 2.35. The largest absolute Gasteiger partial charge is 0.451 e. The molecular formula is C8H14N2O2. The molecule has 0 rings (SSSR count). The Morgan fingerprint density at radius 1 is 1.67 bits per heavy atom. The van der Waals surface area contributed by atoms with Crippen LogP contribution in [0.1, 0.15) is 12.8 Å². The highest BCUT2D eigenvalue weighted by Gasteiger charge is 2.13. The third-order valence-electron chi connectivity index (χ3n) is 1.32. The molecule has 0 bridgehead atoms. The maximum atomic E-state index is 10.9. The Morgan fingerprint density at radius 3 is 2.83 bits per heavy atom. The Hall–Kier alpha value is -1.05. The first-order valence-corrected chi connectivity index (χ1v) is 3.78. The standard InChI is InChI=1S/C8H14N2O2/c1-2-6-12-8(11)7(10)4-3-5-9/h1,7H,3-6,9-10H2. The minimum Gasteiger partial charge on any atom is -0.451 e. The lowest BCUT2D eigenvalue weighted by Gasteiger charge is -2.08. The lowest BCUT2D eigenvalue weighted by molar-refractivity contribution is -0.143. The van der Waals surface area contributed by atoms with Crippen LogP contribution >= 0.6 is 0 Å². The number of terminal acetylenes is 1. The van der Waals surface area contributed by atoms with E-state index in [1.807, 2.05) is 0 Å². The van der Waals surface area contributed by atoms with E-state index in [0.717, 1.165) is 0 Å². The fourth-order valence-electron chi connectivity index (χ4n) is 0.675. The van der Waals surface area contributed by atoms with Gasteiger partial charge >= 0.3 is 5.97 Å². The van der Waals surface area contributed by atoms with E-state index in [4.69, 9.17) is 17.9 Å². The third-order valence-corrected chi connectivity index (χ3v) is 1.32. The zero-order valence-electron chi connectivity index (χ0n) is 6.95. The van der Waals surface area contributed by atoms with Crippen molar-refractivity contribution in [2.45, 2.75) is 18.9 Å². The molecule has 4 heteroatoms. The Morgan fingerprint density at radius 2 is 2.33 bits per heavy atom. The van der Waals surface area contributed by atoms with Crippen LogP contribution in [-0.4, -0.2) is 25.2 Å². The Kier molecular flexibility index (Phi) is 6.07. The summed E-state index contributed by atoms with van der Waals surface area (Å²) >= 11 is 0. The summed E-state index contributed by atoms with van der Waals surface area (Å²) in [6, 6.07) is -0.595. The van der Waals surface area contributed by atoms with Crippen molar-refractivity contribution in [3.05, 3.63) is 0 Å². The van der Waals surface area contributed by atoms with E-state index in [1.54, 1.807) is 0 Å². The lowest BCUT2D eigenvalue weighted by atomic mass is 10.2. The molecule has 4 N–H and O–H groups in total. The van der Waals surface area contributed by atoms with Gasteiger partial charge in [0.15, 0.2) is 6.61 Å². The van der Waals surface area contributed by atoms with E-state index >= 15 is 0 Å². The normalized spacial score (nSPS) is 11.8. The van der Waals surface area contributed by atoms with Crippen LogP contribution in [0.25, 0.3) is 0 Å². The average Bonchev–Trinajstić information content (AvgIpc) is 2.10. The van der Waals surface area contributed by atoms with Gasteiger partial charge in [-0.3, -0.25) is 4.79 Å². The van der Waals surface area contributed by atoms with Crippen LogP contribution in [0.3, 0.4) is 0 Å². The summed E-state index contributed by atoms with van der Waals surface area (Å²) in [6.45, 7) is 0.505. The van der Waals surface area contributed by atoms with Crippen LogP contribution in [0.15, 0.2) is 0 Å². The SMILES string of the molecule is C#CCOC(=O)C(N)CCCN. The first-order chi connectivity index (χ1) is 5.72. The number of esters is 1. The lowest BCUT2D eigenvalue weighted by Crippen LogP contribution is -2.32. The van der Waals surface area contributed by atoms with E-state index < -0.39 is 12.0 Å². The summed E-state index contributed by atoms with van der Waals surface area (Å²) in [5.74, 6) is 1.73. The maximum absolute atomic E-state index is 10.9. The predicted molar refractivity (Wildman–Crippen MR) is 46.1 cm³/mol. The Labute approximate surface area is 72.2 Å². The van der Waals surface area contributed by atoms with Crippen LogP contribution < -0.4 is 11.5 Å². The van der Waals surface area contributed by atoms with Gasteiger partial charge in [-0.05, 0) is 19.4 Å². The zero-order chi connectivity index (χ0) is 9.40. The van der Waals surface area contributed by atoms with Crippen molar-refractivity contribution < 1.29 is 9.53 Å². The van der Waals surface area contributed by atoms with Crippen LogP contribution in [0.2, 0.25) is 0 Å². The molecule has 0 aliphatic heterocycles. The highest BCUT2D eigenvalue weighted by atomic mass is 16.5. The van der Waals surface area contributed by atoms with Crippen LogP contribution in [0.5, 0.6) is 0 Å². The van der Waals surface area contributed by atoms with Gasteiger partial charge in [-0.1, -0.05) is 5.92 Å². The summed E-state index contributed by atoms with van der Waals surface area (Å²) in [5, 5.41) is 0. The molecule has 0 radical (unpaired) electrons. The van der Waals surface area contributed by atoms with Gasteiger partial charge in [0, 0.05) is 0 Å². The van der Waals surface area contributed by atoms with Crippen molar-refractivity contribution in [2.24, 2.45) is 11.5 Å². The van der Waals surface area contributed by atoms with Crippen LogP contribution in [-0.2, 0) is 9.53 Å². The van der Waals surface area contributed by atoms with Gasteiger partial charge in [0.25, 0.3) is 0 Å². The van der Waals surface area contributed by atoms with Crippen molar-refractivity contribution in [1.82, 2.24) is 0 Å². The van der Waals surface area contributed by atoms with Crippen LogP contribution in [0.4, 0.5) is 0 Å². The molecule has 0 amide bonds. The molecule has 1 atom stereocenters. The third kappa shape index (κ3) is 4.72. The van der Waals surface area contributed by atoms with E-state index in [9.17, 15) is 4.79 Å². The molecule has 0 fully saturated rings. The van der Waals surface area contributed by atoms with Crippen molar-refractivity contribution in [1.29, 1.82) is 0 Å². The molecular weight excluding hydrogens is 156 g/mol. The number of ether oxygens (including phenoxy) is 1. The molecule has 68 valence electrons. The van der Waals surface area contributed by atoms with Gasteiger partial charge in [-0.25, -0.2) is 0 Å². The second-order valence-electron chi connectivity index (χ2n) is 2.35. The second kappa shape index (κ2) is 6.65. The molecule has 0 aromatic rings. The Bertz CT molecular complexity index is 174. The Balaban J connectivity index is 3.55. The van der Waals surface area contributed by atoms with Gasteiger partial charge in [-0.15, -0.1) is 6.42 Å². The minimum absolute atomic E-state index is 0.0187. The van der Waals surface area contributed by atoms with Gasteiger partial charge in [0.2, 0.25) is 0 Å². The number of carbonyl (C=O) groups is 1. The molecule has 0 aliphatic rings. The van der Waals surface area contributed by atoms with Gasteiger partial charge in [0.1, 0.15) is 6.04 Å². The summed E-state index contributed by atoms with van der Waals surface area (Å²) in [7, 11) is 0. The fraction of sp³-hybridized carbons (Fsp3) is 0.625. The first kappa shape index (κ1) is 11.0. The van der Waals surface area contributed by atoms with Crippen molar-refractivity contribution in [3.63, 3.8) is 0 Å². The molecule has 0 spiro atoms. The molecule has 0 heterocycles. The highest BCUT2D eigenvalue weighted by molar-refractivity contribution is 5.75. The van der Waals surface area contributed by atoms with Crippen LogP contribution in [0, 0.1) is 12.3 Å². The minimum atomic E-state index is -0.595. The molecule has 4 nitrogen and oxygen atoms in total. The molecule has 0 aromatic heterocycles. The zero-order valence-corrected chi connectivity index (χ0v) is 6.95. The average molecular weight is 170 g/mol. The molecule has 0 aromatic carbocycles. The molecule has 0 saturated carbocycles. The number of carbonyl (C=O) groups excluding carboxylic acids is 1. The summed E-state index contributed by atoms with van der Waals surface area (Å²) in [4.78, 5) is 10.9. The van der Waals surface area contributed by atoms with Gasteiger partial charge < -0.3 is 16.2 Å². The summed E-state index contributed by atoms with van der Waals surface area (Å²) in [5.41, 5.74) is 10.7. The monoisotopic (exact) mass is 170 g/mol. The van der Waals surface area contributed by atoms with Gasteiger partial charge in [0.05, 0.1) is 0 Å². The highest BCUT2D eigenvalue weighted by Crippen LogP contribution is 1.95. The molecule has 12 heavy (non-hydrogen) atoms. The number of hydrogen-bond donors (Lipinski definition) is 2. The van der Waals surface area contributed by atoms with Crippen molar-refractivity contribution >= 4 is 5.97 Å². The number of hydrogen-bond acceptors (Lipinski definition) is 4. The quantitative estimate of drug-likeness (QED) is 0.419.